The molecule has 6 heteroatoms. The van der Waals surface area contributed by atoms with Gasteiger partial charge in [0.15, 0.2) is 0 Å². The van der Waals surface area contributed by atoms with E-state index in [0.29, 0.717) is 30.2 Å². The summed E-state index contributed by atoms with van der Waals surface area (Å²) in [5.74, 6) is 0.383. The zero-order chi connectivity index (χ0) is 21.1. The summed E-state index contributed by atoms with van der Waals surface area (Å²) in [5, 5.41) is 2.78. The van der Waals surface area contributed by atoms with Gasteiger partial charge in [-0.2, -0.15) is 0 Å². The van der Waals surface area contributed by atoms with Crippen LogP contribution in [-0.2, 0) is 9.53 Å². The molecule has 0 aliphatic carbocycles. The summed E-state index contributed by atoms with van der Waals surface area (Å²) >= 11 is 0. The summed E-state index contributed by atoms with van der Waals surface area (Å²) in [5.41, 5.74) is 1.66. The van der Waals surface area contributed by atoms with Crippen molar-refractivity contribution < 1.29 is 23.8 Å². The van der Waals surface area contributed by atoms with Gasteiger partial charge in [-0.15, -0.1) is 0 Å². The average molecular weight is 397 g/mol. The van der Waals surface area contributed by atoms with Gasteiger partial charge in [0.05, 0.1) is 31.1 Å². The fourth-order valence-corrected chi connectivity index (χ4v) is 2.54. The van der Waals surface area contributed by atoms with Gasteiger partial charge in [-0.25, -0.2) is 4.79 Å². The normalized spacial score (nSPS) is 10.6. The monoisotopic (exact) mass is 397 g/mol. The quantitative estimate of drug-likeness (QED) is 0.465. The number of amides is 1. The fraction of sp³-hybridized carbons (Fsp3) is 0.304. The SMILES string of the molecule is CCCOc1ccccc1/C=C/C(=O)Nc1ccc(C(=O)OCC)cc1OCC. The highest BCUT2D eigenvalue weighted by Crippen LogP contribution is 2.27. The first kappa shape index (κ1) is 22.0. The first-order valence-corrected chi connectivity index (χ1v) is 9.73. The highest BCUT2D eigenvalue weighted by Gasteiger charge is 2.12. The van der Waals surface area contributed by atoms with E-state index in [1.807, 2.05) is 38.1 Å². The number of esters is 1. The van der Waals surface area contributed by atoms with Crippen LogP contribution >= 0.6 is 0 Å². The lowest BCUT2D eigenvalue weighted by Crippen LogP contribution is -2.11. The maximum absolute atomic E-state index is 12.4. The molecule has 0 aliphatic heterocycles. The Morgan fingerprint density at radius 2 is 1.76 bits per heavy atom. The molecule has 0 radical (unpaired) electrons. The van der Waals surface area contributed by atoms with E-state index in [2.05, 4.69) is 5.32 Å². The molecule has 0 spiro atoms. The molecule has 2 aromatic rings. The molecule has 0 aliphatic rings. The summed E-state index contributed by atoms with van der Waals surface area (Å²) < 4.78 is 16.3. The highest BCUT2D eigenvalue weighted by molar-refractivity contribution is 6.03. The van der Waals surface area contributed by atoms with Crippen LogP contribution < -0.4 is 14.8 Å². The van der Waals surface area contributed by atoms with Crippen LogP contribution in [0.15, 0.2) is 48.5 Å². The minimum Gasteiger partial charge on any atom is -0.493 e. The van der Waals surface area contributed by atoms with Crippen molar-refractivity contribution in [3.63, 3.8) is 0 Å². The van der Waals surface area contributed by atoms with E-state index in [9.17, 15) is 9.59 Å². The minimum absolute atomic E-state index is 0.287. The Kier molecular flexibility index (Phi) is 8.76. The number of hydrogen-bond acceptors (Lipinski definition) is 5. The molecular weight excluding hydrogens is 370 g/mol. The number of benzene rings is 2. The van der Waals surface area contributed by atoms with E-state index in [0.717, 1.165) is 17.7 Å². The second kappa shape index (κ2) is 11.5. The van der Waals surface area contributed by atoms with E-state index in [1.54, 1.807) is 31.2 Å². The molecular formula is C23H27NO5. The molecule has 0 fully saturated rings. The van der Waals surface area contributed by atoms with Crippen molar-refractivity contribution in [2.45, 2.75) is 27.2 Å². The molecule has 0 aromatic heterocycles. The Balaban J connectivity index is 2.14. The van der Waals surface area contributed by atoms with Crippen molar-refractivity contribution in [1.82, 2.24) is 0 Å². The van der Waals surface area contributed by atoms with Crippen molar-refractivity contribution in [1.29, 1.82) is 0 Å². The third-order valence-corrected chi connectivity index (χ3v) is 3.85. The van der Waals surface area contributed by atoms with Gasteiger partial charge < -0.3 is 19.5 Å². The second-order valence-electron chi connectivity index (χ2n) is 6.07. The molecule has 1 N–H and O–H groups in total. The summed E-state index contributed by atoms with van der Waals surface area (Å²) in [7, 11) is 0. The predicted molar refractivity (Wildman–Crippen MR) is 113 cm³/mol. The predicted octanol–water partition coefficient (Wildman–Crippen LogP) is 4.70. The van der Waals surface area contributed by atoms with E-state index < -0.39 is 5.97 Å². The Bertz CT molecular complexity index is 860. The first-order chi connectivity index (χ1) is 14.1. The van der Waals surface area contributed by atoms with Gasteiger partial charge >= 0.3 is 5.97 Å². The van der Waals surface area contributed by atoms with Gasteiger partial charge in [0, 0.05) is 11.6 Å². The van der Waals surface area contributed by atoms with Gasteiger partial charge in [-0.05, 0) is 50.6 Å². The van der Waals surface area contributed by atoms with E-state index >= 15 is 0 Å². The zero-order valence-corrected chi connectivity index (χ0v) is 17.1. The molecule has 1 amide bonds. The van der Waals surface area contributed by atoms with Crippen molar-refractivity contribution in [2.75, 3.05) is 25.1 Å². The molecule has 0 bridgehead atoms. The fourth-order valence-electron chi connectivity index (χ4n) is 2.54. The third-order valence-electron chi connectivity index (χ3n) is 3.85. The molecule has 29 heavy (non-hydrogen) atoms. The minimum atomic E-state index is -0.435. The van der Waals surface area contributed by atoms with Crippen LogP contribution in [-0.4, -0.2) is 31.7 Å². The van der Waals surface area contributed by atoms with Gasteiger partial charge in [0.25, 0.3) is 0 Å². The lowest BCUT2D eigenvalue weighted by Gasteiger charge is -2.12. The molecule has 6 nitrogen and oxygen atoms in total. The Morgan fingerprint density at radius 3 is 2.48 bits per heavy atom. The van der Waals surface area contributed by atoms with Crippen LogP contribution in [0.1, 0.15) is 43.1 Å². The number of para-hydroxylation sites is 1. The number of ether oxygens (including phenoxy) is 3. The van der Waals surface area contributed by atoms with Gasteiger partial charge in [0.2, 0.25) is 5.91 Å². The molecule has 2 aromatic carbocycles. The number of rotatable bonds is 10. The molecule has 0 saturated heterocycles. The lowest BCUT2D eigenvalue weighted by atomic mass is 10.1. The largest absolute Gasteiger partial charge is 0.493 e. The Morgan fingerprint density at radius 1 is 0.966 bits per heavy atom. The first-order valence-electron chi connectivity index (χ1n) is 9.73. The van der Waals surface area contributed by atoms with Crippen LogP contribution in [0.3, 0.4) is 0 Å². The summed E-state index contributed by atoms with van der Waals surface area (Å²) in [4.78, 5) is 24.3. The highest BCUT2D eigenvalue weighted by atomic mass is 16.5. The van der Waals surface area contributed by atoms with Crippen LogP contribution in [0.4, 0.5) is 5.69 Å². The second-order valence-corrected chi connectivity index (χ2v) is 6.07. The lowest BCUT2D eigenvalue weighted by molar-refractivity contribution is -0.111. The number of hydrogen-bond donors (Lipinski definition) is 1. The van der Waals surface area contributed by atoms with Crippen LogP contribution in [0.25, 0.3) is 6.08 Å². The van der Waals surface area contributed by atoms with Crippen molar-refractivity contribution >= 4 is 23.6 Å². The summed E-state index contributed by atoms with van der Waals surface area (Å²) in [6.45, 7) is 6.91. The van der Waals surface area contributed by atoms with Crippen LogP contribution in [0.2, 0.25) is 0 Å². The number of carbonyl (C=O) groups excluding carboxylic acids is 2. The van der Waals surface area contributed by atoms with Crippen LogP contribution in [0, 0.1) is 0 Å². The standard InChI is InChI=1S/C23H27NO5/c1-4-15-29-20-10-8-7-9-17(20)12-14-22(25)24-19-13-11-18(23(26)28-6-3)16-21(19)27-5-2/h7-14,16H,4-6,15H2,1-3H3,(H,24,25)/b14-12+. The van der Waals surface area contributed by atoms with Crippen molar-refractivity contribution in [3.8, 4) is 11.5 Å². The van der Waals surface area contributed by atoms with E-state index in [-0.39, 0.29) is 12.5 Å². The number of anilines is 1. The summed E-state index contributed by atoms with van der Waals surface area (Å²) in [6, 6.07) is 12.3. The van der Waals surface area contributed by atoms with E-state index in [1.165, 1.54) is 6.08 Å². The van der Waals surface area contributed by atoms with Gasteiger partial charge in [-0.3, -0.25) is 4.79 Å². The third kappa shape index (κ3) is 6.68. The molecule has 154 valence electrons. The average Bonchev–Trinajstić information content (AvgIpc) is 2.73. The molecule has 0 atom stereocenters. The molecule has 0 saturated carbocycles. The van der Waals surface area contributed by atoms with Crippen LogP contribution in [0.5, 0.6) is 11.5 Å². The van der Waals surface area contributed by atoms with Crippen molar-refractivity contribution in [2.24, 2.45) is 0 Å². The maximum atomic E-state index is 12.4. The zero-order valence-electron chi connectivity index (χ0n) is 17.1. The van der Waals surface area contributed by atoms with Crippen molar-refractivity contribution in [3.05, 3.63) is 59.7 Å². The summed E-state index contributed by atoms with van der Waals surface area (Å²) in [6.07, 6.45) is 4.04. The topological polar surface area (TPSA) is 73.9 Å². The molecule has 0 heterocycles. The molecule has 0 unspecified atom stereocenters. The molecule has 2 rings (SSSR count). The number of nitrogens with one attached hydrogen (secondary N) is 1. The maximum Gasteiger partial charge on any atom is 0.338 e. The Hall–Kier alpha value is -3.28. The Labute approximate surface area is 171 Å². The smallest absolute Gasteiger partial charge is 0.338 e. The van der Waals surface area contributed by atoms with E-state index in [4.69, 9.17) is 14.2 Å². The number of carbonyl (C=O) groups is 2. The van der Waals surface area contributed by atoms with Gasteiger partial charge in [0.1, 0.15) is 11.5 Å². The van der Waals surface area contributed by atoms with Gasteiger partial charge in [-0.1, -0.05) is 25.1 Å².